The molecule has 0 aliphatic rings. The molecule has 0 atom stereocenters. The molecule has 2 aromatic carbocycles. The molecule has 4 heteroatoms. The lowest BCUT2D eigenvalue weighted by Crippen LogP contribution is -2.26. The van der Waals surface area contributed by atoms with E-state index in [9.17, 15) is 8.78 Å². The minimum Gasteiger partial charge on any atom is -0.330 e. The Morgan fingerprint density at radius 1 is 0.857 bits per heavy atom. The fourth-order valence-corrected chi connectivity index (χ4v) is 2.28. The van der Waals surface area contributed by atoms with E-state index >= 15 is 0 Å². The maximum atomic E-state index is 13.8. The highest BCUT2D eigenvalue weighted by atomic mass is 19.1. The van der Waals surface area contributed by atoms with Gasteiger partial charge in [-0.2, -0.15) is 0 Å². The van der Waals surface area contributed by atoms with Crippen LogP contribution in [0.4, 0.5) is 8.78 Å². The standard InChI is InChI=1S/C17H20F2N2/c18-16-8-4-9-17(19)15(16)13-21(11-5-10-20)12-14-6-2-1-3-7-14/h1-4,6-9H,5,10-13,20H2. The van der Waals surface area contributed by atoms with Gasteiger partial charge in [0.25, 0.3) is 0 Å². The lowest BCUT2D eigenvalue weighted by Gasteiger charge is -2.23. The van der Waals surface area contributed by atoms with E-state index < -0.39 is 11.6 Å². The Morgan fingerprint density at radius 2 is 1.52 bits per heavy atom. The molecule has 0 bridgehead atoms. The first-order chi connectivity index (χ1) is 10.2. The SMILES string of the molecule is NCCCN(Cc1ccccc1)Cc1c(F)cccc1F. The molecule has 0 heterocycles. The molecule has 0 radical (unpaired) electrons. The first-order valence-corrected chi connectivity index (χ1v) is 7.10. The van der Waals surface area contributed by atoms with E-state index in [4.69, 9.17) is 5.73 Å². The van der Waals surface area contributed by atoms with E-state index in [-0.39, 0.29) is 12.1 Å². The van der Waals surface area contributed by atoms with Crippen LogP contribution in [-0.4, -0.2) is 18.0 Å². The molecule has 21 heavy (non-hydrogen) atoms. The molecule has 0 amide bonds. The number of hydrogen-bond donors (Lipinski definition) is 1. The summed E-state index contributed by atoms with van der Waals surface area (Å²) in [7, 11) is 0. The lowest BCUT2D eigenvalue weighted by molar-refractivity contribution is 0.247. The van der Waals surface area contributed by atoms with Crippen LogP contribution >= 0.6 is 0 Å². The van der Waals surface area contributed by atoms with E-state index in [1.54, 1.807) is 0 Å². The van der Waals surface area contributed by atoms with Gasteiger partial charge in [0, 0.05) is 25.2 Å². The average molecular weight is 290 g/mol. The highest BCUT2D eigenvalue weighted by Crippen LogP contribution is 2.16. The maximum Gasteiger partial charge on any atom is 0.130 e. The van der Waals surface area contributed by atoms with Gasteiger partial charge in [-0.1, -0.05) is 36.4 Å². The monoisotopic (exact) mass is 290 g/mol. The molecule has 0 saturated carbocycles. The third-order valence-electron chi connectivity index (χ3n) is 3.37. The van der Waals surface area contributed by atoms with E-state index in [1.165, 1.54) is 18.2 Å². The zero-order chi connectivity index (χ0) is 15.1. The van der Waals surface area contributed by atoms with Gasteiger partial charge in [0.15, 0.2) is 0 Å². The van der Waals surface area contributed by atoms with Crippen molar-refractivity contribution in [2.24, 2.45) is 5.73 Å². The molecule has 0 fully saturated rings. The van der Waals surface area contributed by atoms with Crippen molar-refractivity contribution in [2.75, 3.05) is 13.1 Å². The van der Waals surface area contributed by atoms with Gasteiger partial charge in [-0.15, -0.1) is 0 Å². The van der Waals surface area contributed by atoms with Gasteiger partial charge in [-0.05, 0) is 30.7 Å². The number of rotatable bonds is 7. The summed E-state index contributed by atoms with van der Waals surface area (Å²) in [5, 5.41) is 0. The molecule has 0 aromatic heterocycles. The maximum absolute atomic E-state index is 13.8. The molecule has 2 N–H and O–H groups in total. The van der Waals surface area contributed by atoms with Crippen LogP contribution < -0.4 is 5.73 Å². The molecule has 0 unspecified atom stereocenters. The minimum atomic E-state index is -0.499. The van der Waals surface area contributed by atoms with Gasteiger partial charge in [-0.3, -0.25) is 4.90 Å². The van der Waals surface area contributed by atoms with Gasteiger partial charge < -0.3 is 5.73 Å². The molecule has 0 spiro atoms. The Labute approximate surface area is 124 Å². The Kier molecular flexibility index (Phi) is 5.84. The van der Waals surface area contributed by atoms with E-state index in [1.807, 2.05) is 35.2 Å². The summed E-state index contributed by atoms with van der Waals surface area (Å²) >= 11 is 0. The van der Waals surface area contributed by atoms with Crippen molar-refractivity contribution in [1.29, 1.82) is 0 Å². The van der Waals surface area contributed by atoms with Crippen molar-refractivity contribution < 1.29 is 8.78 Å². The molecule has 2 aromatic rings. The third-order valence-corrected chi connectivity index (χ3v) is 3.37. The summed E-state index contributed by atoms with van der Waals surface area (Å²) in [4.78, 5) is 2.02. The van der Waals surface area contributed by atoms with Crippen LogP contribution in [0.1, 0.15) is 17.5 Å². The zero-order valence-electron chi connectivity index (χ0n) is 11.9. The number of hydrogen-bond acceptors (Lipinski definition) is 2. The van der Waals surface area contributed by atoms with E-state index in [2.05, 4.69) is 0 Å². The Hall–Kier alpha value is -1.78. The summed E-state index contributed by atoms with van der Waals surface area (Å²) in [5.41, 5.74) is 6.78. The quantitative estimate of drug-likeness (QED) is 0.847. The lowest BCUT2D eigenvalue weighted by atomic mass is 10.1. The van der Waals surface area contributed by atoms with Crippen LogP contribution in [0.25, 0.3) is 0 Å². The van der Waals surface area contributed by atoms with Crippen molar-refractivity contribution in [1.82, 2.24) is 4.90 Å². The summed E-state index contributed by atoms with van der Waals surface area (Å²) in [6, 6.07) is 13.9. The highest BCUT2D eigenvalue weighted by molar-refractivity contribution is 5.20. The number of benzene rings is 2. The largest absolute Gasteiger partial charge is 0.330 e. The van der Waals surface area contributed by atoms with Crippen LogP contribution in [0.5, 0.6) is 0 Å². The summed E-state index contributed by atoms with van der Waals surface area (Å²) in [6.07, 6.45) is 0.795. The topological polar surface area (TPSA) is 29.3 Å². The van der Waals surface area contributed by atoms with Crippen molar-refractivity contribution in [2.45, 2.75) is 19.5 Å². The van der Waals surface area contributed by atoms with Crippen molar-refractivity contribution in [3.05, 3.63) is 71.3 Å². The second-order valence-electron chi connectivity index (χ2n) is 5.04. The first kappa shape index (κ1) is 15.6. The Morgan fingerprint density at radius 3 is 2.14 bits per heavy atom. The van der Waals surface area contributed by atoms with Crippen LogP contribution in [0, 0.1) is 11.6 Å². The summed E-state index contributed by atoms with van der Waals surface area (Å²) < 4.78 is 27.6. The van der Waals surface area contributed by atoms with Crippen molar-refractivity contribution in [3.63, 3.8) is 0 Å². The molecular weight excluding hydrogens is 270 g/mol. The van der Waals surface area contributed by atoms with Gasteiger partial charge >= 0.3 is 0 Å². The molecule has 0 saturated heterocycles. The van der Waals surface area contributed by atoms with E-state index in [0.29, 0.717) is 19.6 Å². The predicted molar refractivity (Wildman–Crippen MR) is 80.6 cm³/mol. The van der Waals surface area contributed by atoms with Gasteiger partial charge in [-0.25, -0.2) is 8.78 Å². The van der Waals surface area contributed by atoms with Crippen molar-refractivity contribution in [3.8, 4) is 0 Å². The van der Waals surface area contributed by atoms with Crippen molar-refractivity contribution >= 4 is 0 Å². The van der Waals surface area contributed by atoms with E-state index in [0.717, 1.165) is 12.0 Å². The molecule has 0 aliphatic heterocycles. The molecule has 2 rings (SSSR count). The van der Waals surface area contributed by atoms with Gasteiger partial charge in [0.05, 0.1) is 0 Å². The van der Waals surface area contributed by atoms with Crippen LogP contribution in [0.3, 0.4) is 0 Å². The normalized spacial score (nSPS) is 11.0. The number of nitrogens with two attached hydrogens (primary N) is 1. The molecular formula is C17H20F2N2. The third kappa shape index (κ3) is 4.62. The number of nitrogens with zero attached hydrogens (tertiary/aromatic N) is 1. The Balaban J connectivity index is 2.12. The van der Waals surface area contributed by atoms with Gasteiger partial charge in [0.1, 0.15) is 11.6 Å². The second kappa shape index (κ2) is 7.86. The average Bonchev–Trinajstić information content (AvgIpc) is 2.49. The van der Waals surface area contributed by atoms with Gasteiger partial charge in [0.2, 0.25) is 0 Å². The van der Waals surface area contributed by atoms with Crippen LogP contribution in [0.2, 0.25) is 0 Å². The predicted octanol–water partition coefficient (Wildman–Crippen LogP) is 3.32. The summed E-state index contributed by atoms with van der Waals surface area (Å²) in [6.45, 7) is 2.16. The summed E-state index contributed by atoms with van der Waals surface area (Å²) in [5.74, 6) is -0.998. The highest BCUT2D eigenvalue weighted by Gasteiger charge is 2.13. The molecule has 2 nitrogen and oxygen atoms in total. The Bertz CT molecular complexity index is 538. The number of halogens is 2. The molecule has 112 valence electrons. The van der Waals surface area contributed by atoms with Crippen LogP contribution in [-0.2, 0) is 13.1 Å². The smallest absolute Gasteiger partial charge is 0.130 e. The minimum absolute atomic E-state index is 0.116. The fourth-order valence-electron chi connectivity index (χ4n) is 2.28. The zero-order valence-corrected chi connectivity index (χ0v) is 11.9. The van der Waals surface area contributed by atoms with Crippen LogP contribution in [0.15, 0.2) is 48.5 Å². The molecule has 0 aliphatic carbocycles. The second-order valence-corrected chi connectivity index (χ2v) is 5.04. The first-order valence-electron chi connectivity index (χ1n) is 7.10. The fraction of sp³-hybridized carbons (Fsp3) is 0.294.